The molecule has 4 heterocycles. The Morgan fingerprint density at radius 1 is 1.17 bits per heavy atom. The molecule has 0 spiro atoms. The SMILES string of the molecule is CC.O=C1Nc2cnc(-n3ccnc3-c3ccc(F)cc3F)nc2N2CCCCC12. The van der Waals surface area contributed by atoms with Gasteiger partial charge in [-0.25, -0.2) is 18.7 Å². The molecule has 1 N–H and O–H groups in total. The maximum absolute atomic E-state index is 14.3. The van der Waals surface area contributed by atoms with Gasteiger partial charge in [0.15, 0.2) is 5.82 Å². The van der Waals surface area contributed by atoms with Crippen molar-refractivity contribution in [3.05, 3.63) is 48.4 Å². The number of amides is 1. The molecule has 5 rings (SSSR count). The van der Waals surface area contributed by atoms with Gasteiger partial charge in [-0.2, -0.15) is 4.98 Å². The first-order valence-corrected chi connectivity index (χ1v) is 10.1. The first-order chi connectivity index (χ1) is 14.6. The average molecular weight is 412 g/mol. The highest BCUT2D eigenvalue weighted by atomic mass is 19.1. The lowest BCUT2D eigenvalue weighted by atomic mass is 9.99. The second-order valence-electron chi connectivity index (χ2n) is 6.85. The highest BCUT2D eigenvalue weighted by Crippen LogP contribution is 2.34. The third-order valence-electron chi connectivity index (χ3n) is 5.12. The van der Waals surface area contributed by atoms with Crippen molar-refractivity contribution in [2.24, 2.45) is 0 Å². The number of anilines is 2. The van der Waals surface area contributed by atoms with Gasteiger partial charge in [0.2, 0.25) is 11.9 Å². The number of rotatable bonds is 2. The van der Waals surface area contributed by atoms with Crippen molar-refractivity contribution in [3.8, 4) is 17.3 Å². The summed E-state index contributed by atoms with van der Waals surface area (Å²) in [5.41, 5.74) is 0.707. The Kier molecular flexibility index (Phi) is 5.43. The van der Waals surface area contributed by atoms with Crippen LogP contribution in [0.5, 0.6) is 0 Å². The van der Waals surface area contributed by atoms with Crippen LogP contribution in [-0.2, 0) is 4.79 Å². The van der Waals surface area contributed by atoms with E-state index in [4.69, 9.17) is 0 Å². The van der Waals surface area contributed by atoms with E-state index in [0.29, 0.717) is 17.5 Å². The van der Waals surface area contributed by atoms with Crippen LogP contribution in [0.15, 0.2) is 36.8 Å². The van der Waals surface area contributed by atoms with Crippen LogP contribution in [0.3, 0.4) is 0 Å². The van der Waals surface area contributed by atoms with Gasteiger partial charge in [0.05, 0.1) is 11.8 Å². The third-order valence-corrected chi connectivity index (χ3v) is 5.12. The first kappa shape index (κ1) is 19.9. The summed E-state index contributed by atoms with van der Waals surface area (Å²) in [6.45, 7) is 4.74. The summed E-state index contributed by atoms with van der Waals surface area (Å²) in [5.74, 6) is -0.193. The van der Waals surface area contributed by atoms with Crippen molar-refractivity contribution in [2.45, 2.75) is 39.2 Å². The van der Waals surface area contributed by atoms with Gasteiger partial charge >= 0.3 is 0 Å². The van der Waals surface area contributed by atoms with Gasteiger partial charge in [-0.15, -0.1) is 0 Å². The standard InChI is InChI=1S/C19H16F2N6O.C2H6/c20-11-4-5-12(13(21)9-11)16-22-6-8-27(16)19-23-10-14-17(25-19)26-7-2-1-3-15(26)18(28)24-14;1-2/h4-6,8-10,15H,1-3,7H2,(H,24,28);1-2H3. The number of halogens is 2. The summed E-state index contributed by atoms with van der Waals surface area (Å²) in [6, 6.07) is 3.10. The Morgan fingerprint density at radius 3 is 2.80 bits per heavy atom. The van der Waals surface area contributed by atoms with E-state index in [2.05, 4.69) is 20.3 Å². The number of hydrogen-bond donors (Lipinski definition) is 1. The maximum atomic E-state index is 14.3. The molecule has 2 aromatic heterocycles. The number of fused-ring (bicyclic) bond motifs is 3. The normalized spacial score (nSPS) is 17.4. The van der Waals surface area contributed by atoms with Gasteiger partial charge in [-0.05, 0) is 31.4 Å². The fraction of sp³-hybridized carbons (Fsp3) is 0.333. The van der Waals surface area contributed by atoms with Crippen LogP contribution in [0.4, 0.5) is 20.3 Å². The van der Waals surface area contributed by atoms with Crippen LogP contribution in [0.25, 0.3) is 17.3 Å². The Labute approximate surface area is 172 Å². The van der Waals surface area contributed by atoms with E-state index in [1.54, 1.807) is 17.0 Å². The van der Waals surface area contributed by atoms with Crippen LogP contribution in [0, 0.1) is 11.6 Å². The molecule has 156 valence electrons. The molecule has 1 saturated heterocycles. The predicted molar refractivity (Wildman–Crippen MR) is 109 cm³/mol. The van der Waals surface area contributed by atoms with Gasteiger partial charge in [-0.1, -0.05) is 13.8 Å². The number of hydrogen-bond acceptors (Lipinski definition) is 5. The molecule has 0 aliphatic carbocycles. The number of benzene rings is 1. The minimum atomic E-state index is -0.714. The zero-order valence-electron chi connectivity index (χ0n) is 16.8. The van der Waals surface area contributed by atoms with Crippen molar-refractivity contribution in [1.82, 2.24) is 19.5 Å². The molecule has 30 heavy (non-hydrogen) atoms. The van der Waals surface area contributed by atoms with Crippen molar-refractivity contribution >= 4 is 17.4 Å². The quantitative estimate of drug-likeness (QED) is 0.690. The third kappa shape index (κ3) is 3.40. The Bertz CT molecular complexity index is 1080. The monoisotopic (exact) mass is 412 g/mol. The average Bonchev–Trinajstić information content (AvgIpc) is 3.25. The Morgan fingerprint density at radius 2 is 2.00 bits per heavy atom. The molecule has 1 fully saturated rings. The van der Waals surface area contributed by atoms with Gasteiger partial charge < -0.3 is 10.2 Å². The van der Waals surface area contributed by atoms with Gasteiger partial charge in [0.1, 0.15) is 29.2 Å². The second-order valence-corrected chi connectivity index (χ2v) is 6.85. The highest BCUT2D eigenvalue weighted by molar-refractivity contribution is 6.02. The number of aromatic nitrogens is 4. The number of carbonyl (C=O) groups is 1. The van der Waals surface area contributed by atoms with Crippen LogP contribution < -0.4 is 10.2 Å². The lowest BCUT2D eigenvalue weighted by Crippen LogP contribution is -2.51. The van der Waals surface area contributed by atoms with E-state index < -0.39 is 11.6 Å². The molecule has 0 saturated carbocycles. The number of carbonyl (C=O) groups excluding carboxylic acids is 1. The first-order valence-electron chi connectivity index (χ1n) is 10.1. The van der Waals surface area contributed by atoms with Gasteiger partial charge in [0, 0.05) is 25.0 Å². The minimum Gasteiger partial charge on any atom is -0.343 e. The molecule has 9 heteroatoms. The van der Waals surface area contributed by atoms with Gasteiger partial charge in [-0.3, -0.25) is 9.36 Å². The van der Waals surface area contributed by atoms with Crippen molar-refractivity contribution in [1.29, 1.82) is 0 Å². The lowest BCUT2D eigenvalue weighted by Gasteiger charge is -2.39. The molecule has 1 atom stereocenters. The summed E-state index contributed by atoms with van der Waals surface area (Å²) >= 11 is 0. The van der Waals surface area contributed by atoms with Crippen molar-refractivity contribution < 1.29 is 13.6 Å². The fourth-order valence-corrected chi connectivity index (χ4v) is 3.80. The Balaban J connectivity index is 0.00000106. The van der Waals surface area contributed by atoms with E-state index in [-0.39, 0.29) is 23.3 Å². The summed E-state index contributed by atoms with van der Waals surface area (Å²) in [6.07, 6.45) is 7.44. The molecular weight excluding hydrogens is 390 g/mol. The van der Waals surface area contributed by atoms with Crippen LogP contribution in [0.1, 0.15) is 33.1 Å². The van der Waals surface area contributed by atoms with Gasteiger partial charge in [0.25, 0.3) is 0 Å². The molecule has 0 bridgehead atoms. The van der Waals surface area contributed by atoms with Crippen LogP contribution in [0.2, 0.25) is 0 Å². The van der Waals surface area contributed by atoms with Crippen molar-refractivity contribution in [3.63, 3.8) is 0 Å². The zero-order chi connectivity index (χ0) is 21.3. The zero-order valence-corrected chi connectivity index (χ0v) is 16.8. The molecule has 1 aromatic carbocycles. The summed E-state index contributed by atoms with van der Waals surface area (Å²) in [7, 11) is 0. The molecule has 1 amide bonds. The van der Waals surface area contributed by atoms with E-state index >= 15 is 0 Å². The molecule has 7 nitrogen and oxygen atoms in total. The summed E-state index contributed by atoms with van der Waals surface area (Å²) in [4.78, 5) is 27.5. The number of imidazole rings is 1. The summed E-state index contributed by atoms with van der Waals surface area (Å²) < 4.78 is 29.1. The lowest BCUT2D eigenvalue weighted by molar-refractivity contribution is -0.118. The maximum Gasteiger partial charge on any atom is 0.247 e. The Hall–Kier alpha value is -3.36. The molecular formula is C21H22F2N6O. The topological polar surface area (TPSA) is 75.9 Å². The molecule has 0 radical (unpaired) electrons. The molecule has 2 aliphatic rings. The predicted octanol–water partition coefficient (Wildman–Crippen LogP) is 3.94. The van der Waals surface area contributed by atoms with E-state index in [1.165, 1.54) is 18.3 Å². The largest absolute Gasteiger partial charge is 0.343 e. The number of nitrogens with zero attached hydrogens (tertiary/aromatic N) is 5. The number of piperidine rings is 1. The van der Waals surface area contributed by atoms with E-state index in [0.717, 1.165) is 31.9 Å². The smallest absolute Gasteiger partial charge is 0.247 e. The van der Waals surface area contributed by atoms with E-state index in [9.17, 15) is 13.6 Å². The molecule has 3 aromatic rings. The number of nitrogens with one attached hydrogen (secondary N) is 1. The molecule has 2 aliphatic heterocycles. The van der Waals surface area contributed by atoms with Crippen LogP contribution >= 0.6 is 0 Å². The second kappa shape index (κ2) is 8.17. The van der Waals surface area contributed by atoms with E-state index in [1.807, 2.05) is 18.7 Å². The highest BCUT2D eigenvalue weighted by Gasteiger charge is 2.36. The molecule has 1 unspecified atom stereocenters. The minimum absolute atomic E-state index is 0.0414. The van der Waals surface area contributed by atoms with Crippen LogP contribution in [-0.4, -0.2) is 38.0 Å². The fourth-order valence-electron chi connectivity index (χ4n) is 3.80. The summed E-state index contributed by atoms with van der Waals surface area (Å²) in [5, 5.41) is 2.86. The van der Waals surface area contributed by atoms with Crippen molar-refractivity contribution in [2.75, 3.05) is 16.8 Å².